The predicted octanol–water partition coefficient (Wildman–Crippen LogP) is 0.581. The third kappa shape index (κ3) is 2.94. The summed E-state index contributed by atoms with van der Waals surface area (Å²) in [6.07, 6.45) is 1.28. The second-order valence-corrected chi connectivity index (χ2v) is 6.72. The third-order valence-corrected chi connectivity index (χ3v) is 5.36. The van der Waals surface area contributed by atoms with Crippen molar-refractivity contribution < 1.29 is 17.9 Å². The topological polar surface area (TPSA) is 89.7 Å². The van der Waals surface area contributed by atoms with Crippen LogP contribution in [0.4, 0.5) is 0 Å². The van der Waals surface area contributed by atoms with Crippen LogP contribution in [0.25, 0.3) is 0 Å². The second kappa shape index (κ2) is 5.80. The number of carbonyl (C=O) groups excluding carboxylic acids is 1. The summed E-state index contributed by atoms with van der Waals surface area (Å²) in [5.41, 5.74) is 5.27. The molecule has 1 fully saturated rings. The maximum absolute atomic E-state index is 12.5. The van der Waals surface area contributed by atoms with Gasteiger partial charge in [-0.05, 0) is 37.1 Å². The van der Waals surface area contributed by atoms with E-state index in [0.717, 1.165) is 0 Å². The molecule has 1 aromatic rings. The Morgan fingerprint density at radius 3 is 2.55 bits per heavy atom. The van der Waals surface area contributed by atoms with Crippen LogP contribution in [-0.2, 0) is 14.8 Å². The molecule has 2 rings (SSSR count). The normalized spacial score (nSPS) is 20.6. The molecule has 0 bridgehead atoms. The van der Waals surface area contributed by atoms with Crippen molar-refractivity contribution in [3.8, 4) is 5.75 Å². The average Bonchev–Trinajstić information content (AvgIpc) is 2.47. The van der Waals surface area contributed by atoms with Gasteiger partial charge in [-0.3, -0.25) is 4.79 Å². The van der Waals surface area contributed by atoms with Crippen molar-refractivity contribution in [1.29, 1.82) is 0 Å². The number of benzene rings is 1. The van der Waals surface area contributed by atoms with Gasteiger partial charge in [0, 0.05) is 13.1 Å². The number of nitrogens with zero attached hydrogens (tertiary/aromatic N) is 1. The first kappa shape index (κ1) is 14.8. The Morgan fingerprint density at radius 2 is 2.00 bits per heavy atom. The summed E-state index contributed by atoms with van der Waals surface area (Å²) in [7, 11) is -2.06. The van der Waals surface area contributed by atoms with E-state index in [-0.39, 0.29) is 11.4 Å². The predicted molar refractivity (Wildman–Crippen MR) is 73.7 cm³/mol. The van der Waals surface area contributed by atoms with Crippen LogP contribution < -0.4 is 10.5 Å². The van der Waals surface area contributed by atoms with Crippen LogP contribution in [0.3, 0.4) is 0 Å². The zero-order valence-electron chi connectivity index (χ0n) is 11.3. The SMILES string of the molecule is COc1ccc(S(=O)(=O)N2CCCC(C(N)=O)C2)cc1. The van der Waals surface area contributed by atoms with Gasteiger partial charge in [0.1, 0.15) is 5.75 Å². The molecule has 1 aromatic carbocycles. The number of nitrogens with two attached hydrogens (primary N) is 1. The van der Waals surface area contributed by atoms with Gasteiger partial charge in [0.25, 0.3) is 0 Å². The summed E-state index contributed by atoms with van der Waals surface area (Å²) in [5, 5.41) is 0. The van der Waals surface area contributed by atoms with Crippen molar-refractivity contribution in [2.24, 2.45) is 11.7 Å². The molecule has 6 nitrogen and oxygen atoms in total. The third-order valence-electron chi connectivity index (χ3n) is 3.48. The van der Waals surface area contributed by atoms with E-state index in [4.69, 9.17) is 10.5 Å². The number of hydrogen-bond acceptors (Lipinski definition) is 4. The lowest BCUT2D eigenvalue weighted by atomic mass is 9.99. The fourth-order valence-corrected chi connectivity index (χ4v) is 3.81. The fraction of sp³-hybridized carbons (Fsp3) is 0.462. The van der Waals surface area contributed by atoms with Gasteiger partial charge in [0.05, 0.1) is 17.9 Å². The highest BCUT2D eigenvalue weighted by atomic mass is 32.2. The lowest BCUT2D eigenvalue weighted by Crippen LogP contribution is -2.43. The number of methoxy groups -OCH3 is 1. The molecule has 2 N–H and O–H groups in total. The van der Waals surface area contributed by atoms with E-state index in [1.165, 1.54) is 23.5 Å². The van der Waals surface area contributed by atoms with Gasteiger partial charge < -0.3 is 10.5 Å². The molecule has 0 radical (unpaired) electrons. The molecule has 110 valence electrons. The largest absolute Gasteiger partial charge is 0.497 e. The number of primary amides is 1. The molecular formula is C13H18N2O4S. The second-order valence-electron chi connectivity index (χ2n) is 4.78. The van der Waals surface area contributed by atoms with Gasteiger partial charge in [-0.15, -0.1) is 0 Å². The molecule has 1 heterocycles. The number of rotatable bonds is 4. The van der Waals surface area contributed by atoms with Gasteiger partial charge >= 0.3 is 0 Å². The van der Waals surface area contributed by atoms with Crippen molar-refractivity contribution in [2.45, 2.75) is 17.7 Å². The van der Waals surface area contributed by atoms with Gasteiger partial charge in [0.2, 0.25) is 15.9 Å². The summed E-state index contributed by atoms with van der Waals surface area (Å²) in [5.74, 6) is -0.256. The molecule has 1 amide bonds. The number of piperidine rings is 1. The van der Waals surface area contributed by atoms with Crippen molar-refractivity contribution in [3.05, 3.63) is 24.3 Å². The van der Waals surface area contributed by atoms with Gasteiger partial charge in [-0.1, -0.05) is 0 Å². The number of ether oxygens (including phenoxy) is 1. The molecule has 7 heteroatoms. The van der Waals surface area contributed by atoms with E-state index in [0.29, 0.717) is 25.1 Å². The van der Waals surface area contributed by atoms with Gasteiger partial charge in [-0.2, -0.15) is 4.31 Å². The zero-order valence-corrected chi connectivity index (χ0v) is 12.1. The Kier molecular flexibility index (Phi) is 4.29. The van der Waals surface area contributed by atoms with Crippen molar-refractivity contribution in [1.82, 2.24) is 4.31 Å². The van der Waals surface area contributed by atoms with Crippen molar-refractivity contribution in [2.75, 3.05) is 20.2 Å². The van der Waals surface area contributed by atoms with Gasteiger partial charge in [0.15, 0.2) is 0 Å². The van der Waals surface area contributed by atoms with Crippen molar-refractivity contribution >= 4 is 15.9 Å². The summed E-state index contributed by atoms with van der Waals surface area (Å²) in [6.45, 7) is 0.571. The molecule has 0 aliphatic carbocycles. The first-order valence-corrected chi connectivity index (χ1v) is 7.82. The monoisotopic (exact) mass is 298 g/mol. The maximum atomic E-state index is 12.5. The number of sulfonamides is 1. The lowest BCUT2D eigenvalue weighted by molar-refractivity contribution is -0.122. The Labute approximate surface area is 118 Å². The smallest absolute Gasteiger partial charge is 0.243 e. The highest BCUT2D eigenvalue weighted by Gasteiger charge is 2.32. The Hall–Kier alpha value is -1.60. The van der Waals surface area contributed by atoms with E-state index in [2.05, 4.69) is 0 Å². The van der Waals surface area contributed by atoms with E-state index < -0.39 is 21.8 Å². The Balaban J connectivity index is 2.22. The molecule has 1 unspecified atom stereocenters. The zero-order chi connectivity index (χ0) is 14.8. The Bertz CT molecular complexity index is 583. The fourth-order valence-electron chi connectivity index (χ4n) is 2.29. The molecule has 0 spiro atoms. The molecule has 1 aliphatic rings. The first-order chi connectivity index (χ1) is 9.45. The molecule has 0 saturated carbocycles. The molecular weight excluding hydrogens is 280 g/mol. The minimum Gasteiger partial charge on any atom is -0.497 e. The van der Waals surface area contributed by atoms with E-state index in [9.17, 15) is 13.2 Å². The summed E-state index contributed by atoms with van der Waals surface area (Å²) in [6, 6.07) is 6.20. The van der Waals surface area contributed by atoms with Crippen LogP contribution in [0.5, 0.6) is 5.75 Å². The van der Waals surface area contributed by atoms with Crippen LogP contribution in [0.1, 0.15) is 12.8 Å². The van der Waals surface area contributed by atoms with Crippen LogP contribution in [0.15, 0.2) is 29.2 Å². The van der Waals surface area contributed by atoms with E-state index >= 15 is 0 Å². The van der Waals surface area contributed by atoms with Crippen LogP contribution >= 0.6 is 0 Å². The number of hydrogen-bond donors (Lipinski definition) is 1. The van der Waals surface area contributed by atoms with E-state index in [1.807, 2.05) is 0 Å². The summed E-state index contributed by atoms with van der Waals surface area (Å²) >= 11 is 0. The van der Waals surface area contributed by atoms with Crippen molar-refractivity contribution in [3.63, 3.8) is 0 Å². The molecule has 1 atom stereocenters. The van der Waals surface area contributed by atoms with Gasteiger partial charge in [-0.25, -0.2) is 8.42 Å². The summed E-state index contributed by atoms with van der Waals surface area (Å²) < 4.78 is 31.3. The highest BCUT2D eigenvalue weighted by molar-refractivity contribution is 7.89. The number of carbonyl (C=O) groups is 1. The van der Waals surface area contributed by atoms with E-state index in [1.54, 1.807) is 12.1 Å². The molecule has 20 heavy (non-hydrogen) atoms. The van der Waals surface area contributed by atoms with Crippen LogP contribution in [-0.4, -0.2) is 38.8 Å². The minimum absolute atomic E-state index is 0.156. The summed E-state index contributed by atoms with van der Waals surface area (Å²) in [4.78, 5) is 11.4. The highest BCUT2D eigenvalue weighted by Crippen LogP contribution is 2.24. The molecule has 1 saturated heterocycles. The number of amides is 1. The standard InChI is InChI=1S/C13H18N2O4S/c1-19-11-4-6-12(7-5-11)20(17,18)15-8-2-3-10(9-15)13(14)16/h4-7,10H,2-3,8-9H2,1H3,(H2,14,16). The first-order valence-electron chi connectivity index (χ1n) is 6.38. The lowest BCUT2D eigenvalue weighted by Gasteiger charge is -2.30. The Morgan fingerprint density at radius 1 is 1.35 bits per heavy atom. The maximum Gasteiger partial charge on any atom is 0.243 e. The minimum atomic E-state index is -3.58. The van der Waals surface area contributed by atoms with Crippen LogP contribution in [0.2, 0.25) is 0 Å². The van der Waals surface area contributed by atoms with Crippen LogP contribution in [0, 0.1) is 5.92 Å². The molecule has 0 aromatic heterocycles. The molecule has 1 aliphatic heterocycles. The quantitative estimate of drug-likeness (QED) is 0.880. The average molecular weight is 298 g/mol.